The van der Waals surface area contributed by atoms with Crippen molar-refractivity contribution in [3.8, 4) is 0 Å². The van der Waals surface area contributed by atoms with Gasteiger partial charge < -0.3 is 10.1 Å². The maximum absolute atomic E-state index is 13.0. The third-order valence-electron chi connectivity index (χ3n) is 2.27. The summed E-state index contributed by atoms with van der Waals surface area (Å²) in [5.41, 5.74) is -0.844. The minimum Gasteiger partial charge on any atom is -0.444 e. The molecule has 1 aromatic rings. The molecule has 4 nitrogen and oxygen atoms in total. The lowest BCUT2D eigenvalue weighted by molar-refractivity contribution is 0.0497. The molecule has 1 amide bonds. The van der Waals surface area contributed by atoms with Crippen LogP contribution in [0, 0.1) is 11.6 Å². The van der Waals surface area contributed by atoms with Gasteiger partial charge in [-0.2, -0.15) is 0 Å². The minimum atomic E-state index is -0.953. The molecule has 0 aromatic heterocycles. The predicted molar refractivity (Wildman–Crippen MR) is 69.5 cm³/mol. The largest absolute Gasteiger partial charge is 0.444 e. The third kappa shape index (κ3) is 4.95. The van der Waals surface area contributed by atoms with Crippen molar-refractivity contribution >= 4 is 11.9 Å². The molecule has 1 aromatic carbocycles. The molecule has 1 N–H and O–H groups in total. The molecule has 0 heterocycles. The van der Waals surface area contributed by atoms with E-state index in [2.05, 4.69) is 5.32 Å². The number of ketones is 1. The average Bonchev–Trinajstić information content (AvgIpc) is 2.23. The number of Topliss-reactive ketones (excluding diaryl/α,β-unsaturated/α-hetero) is 1. The number of benzene rings is 1. The molecule has 0 bridgehead atoms. The molecule has 0 aliphatic carbocycles. The highest BCUT2D eigenvalue weighted by Gasteiger charge is 2.22. The second-order valence-electron chi connectivity index (χ2n) is 5.39. The Kier molecular flexibility index (Phi) is 4.81. The van der Waals surface area contributed by atoms with Gasteiger partial charge in [-0.3, -0.25) is 4.79 Å². The van der Waals surface area contributed by atoms with Gasteiger partial charge in [0.2, 0.25) is 0 Å². The molecule has 110 valence electrons. The smallest absolute Gasteiger partial charge is 0.408 e. The number of ether oxygens (including phenoxy) is 1. The summed E-state index contributed by atoms with van der Waals surface area (Å²) in [5, 5.41) is 2.32. The molecule has 0 spiro atoms. The van der Waals surface area contributed by atoms with E-state index in [1.54, 1.807) is 20.8 Å². The van der Waals surface area contributed by atoms with Crippen LogP contribution in [0.15, 0.2) is 18.2 Å². The highest BCUT2D eigenvalue weighted by Crippen LogP contribution is 2.11. The van der Waals surface area contributed by atoms with Crippen LogP contribution in [0.25, 0.3) is 0 Å². The molecular weight excluding hydrogens is 268 g/mol. The van der Waals surface area contributed by atoms with Crippen molar-refractivity contribution in [2.75, 3.05) is 0 Å². The van der Waals surface area contributed by atoms with E-state index in [1.807, 2.05) is 0 Å². The van der Waals surface area contributed by atoms with Crippen LogP contribution in [0.4, 0.5) is 13.6 Å². The van der Waals surface area contributed by atoms with E-state index in [1.165, 1.54) is 6.92 Å². The Hall–Kier alpha value is -1.98. The number of nitrogens with one attached hydrogen (secondary N) is 1. The first-order chi connectivity index (χ1) is 9.08. The Bertz CT molecular complexity index is 503. The molecule has 0 aliphatic rings. The van der Waals surface area contributed by atoms with Gasteiger partial charge in [0, 0.05) is 11.6 Å². The van der Waals surface area contributed by atoms with Crippen LogP contribution in [-0.2, 0) is 4.74 Å². The molecule has 1 rings (SSSR count). The van der Waals surface area contributed by atoms with Gasteiger partial charge in [-0.15, -0.1) is 0 Å². The fraction of sp³-hybridized carbons (Fsp3) is 0.429. The van der Waals surface area contributed by atoms with Crippen molar-refractivity contribution in [2.24, 2.45) is 0 Å². The Morgan fingerprint density at radius 3 is 2.10 bits per heavy atom. The van der Waals surface area contributed by atoms with Gasteiger partial charge >= 0.3 is 6.09 Å². The molecule has 6 heteroatoms. The zero-order valence-electron chi connectivity index (χ0n) is 11.8. The number of carbonyl (C=O) groups is 2. The Morgan fingerprint density at radius 2 is 1.65 bits per heavy atom. The molecule has 0 aliphatic heterocycles. The Labute approximate surface area is 116 Å². The van der Waals surface area contributed by atoms with Crippen LogP contribution in [-0.4, -0.2) is 23.5 Å². The van der Waals surface area contributed by atoms with E-state index >= 15 is 0 Å². The summed E-state index contributed by atoms with van der Waals surface area (Å²) < 4.78 is 31.1. The zero-order chi connectivity index (χ0) is 15.5. The number of halogens is 2. The number of amides is 1. The standard InChI is InChI=1S/C14H17F2NO3/c1-8(17-13(19)20-14(2,3)4)12(18)9-5-10(15)7-11(16)6-9/h5-8H,1-4H3,(H,17,19)/t8-/m0/s1. The van der Waals surface area contributed by atoms with Gasteiger partial charge in [-0.25, -0.2) is 13.6 Å². The van der Waals surface area contributed by atoms with Crippen molar-refractivity contribution in [1.82, 2.24) is 5.32 Å². The lowest BCUT2D eigenvalue weighted by Crippen LogP contribution is -2.41. The lowest BCUT2D eigenvalue weighted by Gasteiger charge is -2.21. The third-order valence-corrected chi connectivity index (χ3v) is 2.27. The van der Waals surface area contributed by atoms with E-state index in [4.69, 9.17) is 4.74 Å². The maximum Gasteiger partial charge on any atom is 0.408 e. The van der Waals surface area contributed by atoms with Crippen molar-refractivity contribution in [1.29, 1.82) is 0 Å². The fourth-order valence-electron chi connectivity index (χ4n) is 1.50. The molecule has 1 atom stereocenters. The monoisotopic (exact) mass is 285 g/mol. The predicted octanol–water partition coefficient (Wildman–Crippen LogP) is 3.06. The van der Waals surface area contributed by atoms with Crippen LogP contribution in [0.3, 0.4) is 0 Å². The fourth-order valence-corrected chi connectivity index (χ4v) is 1.50. The molecule has 0 saturated carbocycles. The Balaban J connectivity index is 2.74. The van der Waals surface area contributed by atoms with E-state index in [0.29, 0.717) is 6.07 Å². The SMILES string of the molecule is C[C@H](NC(=O)OC(C)(C)C)C(=O)c1cc(F)cc(F)c1. The topological polar surface area (TPSA) is 55.4 Å². The van der Waals surface area contributed by atoms with E-state index in [-0.39, 0.29) is 5.56 Å². The quantitative estimate of drug-likeness (QED) is 0.868. The highest BCUT2D eigenvalue weighted by molar-refractivity contribution is 6.01. The van der Waals surface area contributed by atoms with E-state index in [0.717, 1.165) is 12.1 Å². The summed E-state index contributed by atoms with van der Waals surface area (Å²) in [6, 6.07) is 1.55. The number of hydrogen-bond acceptors (Lipinski definition) is 3. The van der Waals surface area contributed by atoms with Crippen LogP contribution in [0.2, 0.25) is 0 Å². The number of carbonyl (C=O) groups excluding carboxylic acids is 2. The first kappa shape index (κ1) is 16.1. The van der Waals surface area contributed by atoms with E-state index in [9.17, 15) is 18.4 Å². The summed E-state index contributed by atoms with van der Waals surface area (Å²) in [6.07, 6.45) is -0.768. The van der Waals surface area contributed by atoms with Gasteiger partial charge in [0.1, 0.15) is 17.2 Å². The highest BCUT2D eigenvalue weighted by atomic mass is 19.1. The lowest BCUT2D eigenvalue weighted by atomic mass is 10.1. The van der Waals surface area contributed by atoms with Gasteiger partial charge in [0.25, 0.3) is 0 Å². The van der Waals surface area contributed by atoms with Crippen molar-refractivity contribution in [2.45, 2.75) is 39.3 Å². The van der Waals surface area contributed by atoms with Crippen molar-refractivity contribution in [3.05, 3.63) is 35.4 Å². The van der Waals surface area contributed by atoms with Crippen molar-refractivity contribution < 1.29 is 23.1 Å². The van der Waals surface area contributed by atoms with Crippen LogP contribution >= 0.6 is 0 Å². The van der Waals surface area contributed by atoms with Crippen LogP contribution in [0.1, 0.15) is 38.1 Å². The molecule has 0 fully saturated rings. The van der Waals surface area contributed by atoms with Gasteiger partial charge in [-0.05, 0) is 39.8 Å². The first-order valence-electron chi connectivity index (χ1n) is 6.08. The first-order valence-corrected chi connectivity index (χ1v) is 6.08. The zero-order valence-corrected chi connectivity index (χ0v) is 11.8. The van der Waals surface area contributed by atoms with Crippen LogP contribution in [0.5, 0.6) is 0 Å². The van der Waals surface area contributed by atoms with Crippen molar-refractivity contribution in [3.63, 3.8) is 0 Å². The summed E-state index contributed by atoms with van der Waals surface area (Å²) in [5.74, 6) is -2.30. The maximum atomic E-state index is 13.0. The van der Waals surface area contributed by atoms with Gasteiger partial charge in [-0.1, -0.05) is 0 Å². The van der Waals surface area contributed by atoms with Gasteiger partial charge in [0.05, 0.1) is 6.04 Å². The summed E-state index contributed by atoms with van der Waals surface area (Å²) in [6.45, 7) is 6.46. The number of hydrogen-bond donors (Lipinski definition) is 1. The molecule has 0 saturated heterocycles. The number of alkyl carbamates (subject to hydrolysis) is 1. The van der Waals surface area contributed by atoms with Crippen LogP contribution < -0.4 is 5.32 Å². The molecule has 0 unspecified atom stereocenters. The summed E-state index contributed by atoms with van der Waals surface area (Å²) in [4.78, 5) is 23.5. The van der Waals surface area contributed by atoms with Gasteiger partial charge in [0.15, 0.2) is 5.78 Å². The summed E-state index contributed by atoms with van der Waals surface area (Å²) >= 11 is 0. The normalized spacial score (nSPS) is 12.7. The Morgan fingerprint density at radius 1 is 1.15 bits per heavy atom. The average molecular weight is 285 g/mol. The molecule has 20 heavy (non-hydrogen) atoms. The second-order valence-corrected chi connectivity index (χ2v) is 5.39. The molecule has 0 radical (unpaired) electrons. The van der Waals surface area contributed by atoms with E-state index < -0.39 is 35.2 Å². The number of rotatable bonds is 3. The second kappa shape index (κ2) is 5.98. The summed E-state index contributed by atoms with van der Waals surface area (Å²) in [7, 11) is 0. The minimum absolute atomic E-state index is 0.147. The molecular formula is C14H17F2NO3.